The first-order chi connectivity index (χ1) is 10.5. The summed E-state index contributed by atoms with van der Waals surface area (Å²) in [5, 5.41) is 3.16. The van der Waals surface area contributed by atoms with Gasteiger partial charge in [0.15, 0.2) is 0 Å². The van der Waals surface area contributed by atoms with Crippen LogP contribution in [0.2, 0.25) is 0 Å². The van der Waals surface area contributed by atoms with Gasteiger partial charge in [-0.3, -0.25) is 4.99 Å². The van der Waals surface area contributed by atoms with Crippen LogP contribution >= 0.6 is 0 Å². The van der Waals surface area contributed by atoms with Crippen molar-refractivity contribution >= 4 is 11.4 Å². The molecule has 6 heteroatoms. The van der Waals surface area contributed by atoms with Crippen LogP contribution in [0.4, 0.5) is 18.9 Å². The van der Waals surface area contributed by atoms with E-state index in [4.69, 9.17) is 0 Å². The minimum Gasteiger partial charge on any atom is -0.406 e. The first-order valence-corrected chi connectivity index (χ1v) is 6.77. The van der Waals surface area contributed by atoms with Gasteiger partial charge in [-0.15, -0.1) is 13.2 Å². The van der Waals surface area contributed by atoms with Gasteiger partial charge in [-0.05, 0) is 18.2 Å². The number of fused-ring (bicyclic) bond motifs is 1. The van der Waals surface area contributed by atoms with E-state index in [2.05, 4.69) is 15.0 Å². The first-order valence-electron chi connectivity index (χ1n) is 6.77. The first kappa shape index (κ1) is 14.4. The summed E-state index contributed by atoms with van der Waals surface area (Å²) in [5.74, 6) is -0.251. The molecule has 0 unspecified atom stereocenters. The molecule has 1 heterocycles. The van der Waals surface area contributed by atoms with Crippen molar-refractivity contribution in [1.82, 2.24) is 0 Å². The van der Waals surface area contributed by atoms with E-state index >= 15 is 0 Å². The zero-order valence-electron chi connectivity index (χ0n) is 11.5. The van der Waals surface area contributed by atoms with Crippen LogP contribution in [0.1, 0.15) is 11.1 Å². The fourth-order valence-electron chi connectivity index (χ4n) is 2.36. The Hall–Kier alpha value is -2.50. The number of aliphatic imine (C=N–C) groups is 1. The summed E-state index contributed by atoms with van der Waals surface area (Å²) in [4.78, 5) is 4.49. The van der Waals surface area contributed by atoms with E-state index in [1.807, 2.05) is 30.3 Å². The number of anilines is 1. The predicted molar refractivity (Wildman–Crippen MR) is 78.6 cm³/mol. The lowest BCUT2D eigenvalue weighted by molar-refractivity contribution is -0.274. The Kier molecular flexibility index (Phi) is 3.75. The Balaban J connectivity index is 2.05. The fourth-order valence-corrected chi connectivity index (χ4v) is 2.36. The molecule has 0 aliphatic carbocycles. The second kappa shape index (κ2) is 5.71. The van der Waals surface area contributed by atoms with E-state index in [9.17, 15) is 13.2 Å². The Morgan fingerprint density at radius 2 is 1.82 bits per heavy atom. The normalized spacial score (nSPS) is 14.4. The summed E-state index contributed by atoms with van der Waals surface area (Å²) in [6.07, 6.45) is -4.71. The van der Waals surface area contributed by atoms with Gasteiger partial charge in [0, 0.05) is 23.4 Å². The molecule has 0 saturated heterocycles. The number of alkyl halides is 3. The molecule has 1 aliphatic heterocycles. The summed E-state index contributed by atoms with van der Waals surface area (Å²) < 4.78 is 41.2. The van der Waals surface area contributed by atoms with Gasteiger partial charge in [0.25, 0.3) is 0 Å². The number of benzene rings is 2. The second-order valence-electron chi connectivity index (χ2n) is 4.78. The van der Waals surface area contributed by atoms with E-state index in [1.54, 1.807) is 6.07 Å². The Morgan fingerprint density at radius 1 is 1.05 bits per heavy atom. The van der Waals surface area contributed by atoms with Crippen LogP contribution in [0, 0.1) is 0 Å². The number of nitrogens with zero attached hydrogens (tertiary/aromatic N) is 1. The van der Waals surface area contributed by atoms with Gasteiger partial charge in [-0.25, -0.2) is 0 Å². The third-order valence-electron chi connectivity index (χ3n) is 3.22. The summed E-state index contributed by atoms with van der Waals surface area (Å²) >= 11 is 0. The largest absolute Gasteiger partial charge is 0.573 e. The molecule has 114 valence electrons. The molecular weight excluding hydrogens is 293 g/mol. The molecule has 3 nitrogen and oxygen atoms in total. The molecule has 0 atom stereocenters. The number of hydrogen-bond acceptors (Lipinski definition) is 3. The quantitative estimate of drug-likeness (QED) is 0.914. The number of ether oxygens (including phenoxy) is 1. The monoisotopic (exact) mass is 306 g/mol. The summed E-state index contributed by atoms with van der Waals surface area (Å²) in [6, 6.07) is 13.6. The number of benzodiazepines with no additional fused rings is 1. The number of hydrogen-bond donors (Lipinski definition) is 1. The van der Waals surface area contributed by atoms with Crippen molar-refractivity contribution in [2.24, 2.45) is 4.99 Å². The van der Waals surface area contributed by atoms with Gasteiger partial charge < -0.3 is 10.1 Å². The predicted octanol–water partition coefficient (Wildman–Crippen LogP) is 3.85. The van der Waals surface area contributed by atoms with Crippen molar-refractivity contribution in [3.05, 3.63) is 59.7 Å². The minimum absolute atomic E-state index is 0.251. The molecule has 0 aromatic heterocycles. The molecule has 0 spiro atoms. The van der Waals surface area contributed by atoms with E-state index in [0.717, 1.165) is 11.3 Å². The molecule has 1 N–H and O–H groups in total. The van der Waals surface area contributed by atoms with Crippen LogP contribution in [-0.4, -0.2) is 25.2 Å². The van der Waals surface area contributed by atoms with Gasteiger partial charge in [0.2, 0.25) is 0 Å². The Labute approximate surface area is 125 Å². The van der Waals surface area contributed by atoms with Gasteiger partial charge in [0.05, 0.1) is 12.3 Å². The highest BCUT2D eigenvalue weighted by Crippen LogP contribution is 2.30. The fraction of sp³-hybridized carbons (Fsp3) is 0.188. The molecule has 0 fully saturated rings. The lowest BCUT2D eigenvalue weighted by Crippen LogP contribution is -2.17. The maximum atomic E-state index is 12.4. The van der Waals surface area contributed by atoms with Crippen LogP contribution < -0.4 is 10.1 Å². The number of rotatable bonds is 2. The molecule has 3 rings (SSSR count). The van der Waals surface area contributed by atoms with E-state index in [-0.39, 0.29) is 5.75 Å². The second-order valence-corrected chi connectivity index (χ2v) is 4.78. The standard InChI is InChI=1S/C16H13F3N2O/c17-16(18,19)22-12-6-7-14-13(10-12)15(21-9-8-20-14)11-4-2-1-3-5-11/h1-7,10,20H,8-9H2. The number of halogens is 3. The lowest BCUT2D eigenvalue weighted by Gasteiger charge is -2.14. The third kappa shape index (κ3) is 3.21. The van der Waals surface area contributed by atoms with Gasteiger partial charge >= 0.3 is 6.36 Å². The molecule has 0 amide bonds. The Morgan fingerprint density at radius 3 is 2.55 bits per heavy atom. The van der Waals surface area contributed by atoms with Crippen LogP contribution in [0.5, 0.6) is 5.75 Å². The molecule has 2 aromatic rings. The highest BCUT2D eigenvalue weighted by molar-refractivity contribution is 6.16. The van der Waals surface area contributed by atoms with Crippen molar-refractivity contribution < 1.29 is 17.9 Å². The highest BCUT2D eigenvalue weighted by Gasteiger charge is 2.31. The summed E-state index contributed by atoms with van der Waals surface area (Å²) in [7, 11) is 0. The van der Waals surface area contributed by atoms with Crippen LogP contribution in [0.3, 0.4) is 0 Å². The van der Waals surface area contributed by atoms with E-state index in [0.29, 0.717) is 24.4 Å². The van der Waals surface area contributed by atoms with Crippen molar-refractivity contribution in [3.63, 3.8) is 0 Å². The lowest BCUT2D eigenvalue weighted by atomic mass is 10.0. The molecule has 0 radical (unpaired) electrons. The Bertz CT molecular complexity index is 696. The zero-order valence-corrected chi connectivity index (χ0v) is 11.5. The third-order valence-corrected chi connectivity index (χ3v) is 3.22. The topological polar surface area (TPSA) is 33.6 Å². The zero-order chi connectivity index (χ0) is 15.6. The van der Waals surface area contributed by atoms with Crippen molar-refractivity contribution in [3.8, 4) is 5.75 Å². The van der Waals surface area contributed by atoms with E-state index < -0.39 is 6.36 Å². The van der Waals surface area contributed by atoms with Crippen LogP contribution in [0.15, 0.2) is 53.5 Å². The smallest absolute Gasteiger partial charge is 0.406 e. The molecule has 0 saturated carbocycles. The molecule has 1 aliphatic rings. The van der Waals surface area contributed by atoms with Gasteiger partial charge in [-0.1, -0.05) is 30.3 Å². The van der Waals surface area contributed by atoms with Gasteiger partial charge in [0.1, 0.15) is 5.75 Å². The molecule has 0 bridgehead atoms. The average molecular weight is 306 g/mol. The van der Waals surface area contributed by atoms with Crippen molar-refractivity contribution in [1.29, 1.82) is 0 Å². The highest BCUT2D eigenvalue weighted by atomic mass is 19.4. The van der Waals surface area contributed by atoms with Crippen molar-refractivity contribution in [2.75, 3.05) is 18.4 Å². The van der Waals surface area contributed by atoms with Crippen molar-refractivity contribution in [2.45, 2.75) is 6.36 Å². The van der Waals surface area contributed by atoms with E-state index in [1.165, 1.54) is 12.1 Å². The molecular formula is C16H13F3N2O. The van der Waals surface area contributed by atoms with Crippen LogP contribution in [0.25, 0.3) is 0 Å². The molecule has 22 heavy (non-hydrogen) atoms. The minimum atomic E-state index is -4.71. The molecule has 2 aromatic carbocycles. The average Bonchev–Trinajstić information content (AvgIpc) is 2.68. The number of nitrogens with one attached hydrogen (secondary N) is 1. The van der Waals surface area contributed by atoms with Crippen LogP contribution in [-0.2, 0) is 0 Å². The SMILES string of the molecule is FC(F)(F)Oc1ccc2c(c1)C(c1ccccc1)=NCCN2. The maximum Gasteiger partial charge on any atom is 0.573 e. The maximum absolute atomic E-state index is 12.4. The summed E-state index contributed by atoms with van der Waals surface area (Å²) in [6.45, 7) is 1.18. The van der Waals surface area contributed by atoms with Gasteiger partial charge in [-0.2, -0.15) is 0 Å². The summed E-state index contributed by atoms with van der Waals surface area (Å²) in [5.41, 5.74) is 2.87.